The zero-order valence-electron chi connectivity index (χ0n) is 9.02. The number of rotatable bonds is 2. The molecule has 0 atom stereocenters. The molecule has 1 aromatic rings. The SMILES string of the molecule is O=C(Nc1ccccc1)OC1CCOCC1. The second kappa shape index (κ2) is 5.51. The Kier molecular flexibility index (Phi) is 3.77. The largest absolute Gasteiger partial charge is 0.446 e. The summed E-state index contributed by atoms with van der Waals surface area (Å²) < 4.78 is 10.5. The molecule has 1 N–H and O–H groups in total. The predicted octanol–water partition coefficient (Wildman–Crippen LogP) is 2.41. The van der Waals surface area contributed by atoms with Crippen LogP contribution >= 0.6 is 0 Å². The smallest absolute Gasteiger partial charge is 0.411 e. The van der Waals surface area contributed by atoms with Crippen LogP contribution in [0.2, 0.25) is 0 Å². The molecule has 4 heteroatoms. The maximum Gasteiger partial charge on any atom is 0.411 e. The number of ether oxygens (including phenoxy) is 2. The monoisotopic (exact) mass is 221 g/mol. The fourth-order valence-corrected chi connectivity index (χ4v) is 1.61. The summed E-state index contributed by atoms with van der Waals surface area (Å²) in [5, 5.41) is 2.69. The summed E-state index contributed by atoms with van der Waals surface area (Å²) in [6, 6.07) is 9.28. The van der Waals surface area contributed by atoms with Crippen molar-refractivity contribution in [2.24, 2.45) is 0 Å². The third-order valence-electron chi connectivity index (χ3n) is 2.46. The van der Waals surface area contributed by atoms with Crippen molar-refractivity contribution in [3.05, 3.63) is 30.3 Å². The molecule has 1 aliphatic rings. The molecule has 0 aromatic heterocycles. The van der Waals surface area contributed by atoms with E-state index in [9.17, 15) is 4.79 Å². The van der Waals surface area contributed by atoms with Gasteiger partial charge in [-0.2, -0.15) is 0 Å². The van der Waals surface area contributed by atoms with E-state index in [1.807, 2.05) is 30.3 Å². The molecule has 0 aliphatic carbocycles. The van der Waals surface area contributed by atoms with E-state index in [4.69, 9.17) is 9.47 Å². The van der Waals surface area contributed by atoms with Gasteiger partial charge in [-0.05, 0) is 12.1 Å². The summed E-state index contributed by atoms with van der Waals surface area (Å²) in [6.07, 6.45) is 1.15. The first-order valence-corrected chi connectivity index (χ1v) is 5.45. The zero-order chi connectivity index (χ0) is 11.2. The Bertz CT molecular complexity index is 333. The van der Waals surface area contributed by atoms with Crippen LogP contribution in [0.3, 0.4) is 0 Å². The summed E-state index contributed by atoms with van der Waals surface area (Å²) in [4.78, 5) is 11.5. The second-order valence-electron chi connectivity index (χ2n) is 3.71. The van der Waals surface area contributed by atoms with Gasteiger partial charge < -0.3 is 9.47 Å². The van der Waals surface area contributed by atoms with Crippen LogP contribution in [0.1, 0.15) is 12.8 Å². The minimum atomic E-state index is -0.391. The van der Waals surface area contributed by atoms with Crippen molar-refractivity contribution in [3.8, 4) is 0 Å². The zero-order valence-corrected chi connectivity index (χ0v) is 9.02. The summed E-state index contributed by atoms with van der Waals surface area (Å²) in [7, 11) is 0. The number of amides is 1. The number of anilines is 1. The lowest BCUT2D eigenvalue weighted by atomic mass is 10.2. The molecule has 1 heterocycles. The lowest BCUT2D eigenvalue weighted by Crippen LogP contribution is -2.28. The molecule has 0 spiro atoms. The first kappa shape index (κ1) is 11.0. The van der Waals surface area contributed by atoms with Crippen molar-refractivity contribution in [1.29, 1.82) is 0 Å². The van der Waals surface area contributed by atoms with Gasteiger partial charge in [0.05, 0.1) is 13.2 Å². The molecule has 0 saturated carbocycles. The van der Waals surface area contributed by atoms with E-state index in [0.29, 0.717) is 13.2 Å². The molecule has 1 fully saturated rings. The van der Waals surface area contributed by atoms with Gasteiger partial charge in [-0.15, -0.1) is 0 Å². The van der Waals surface area contributed by atoms with Gasteiger partial charge in [0, 0.05) is 18.5 Å². The molecule has 86 valence electrons. The van der Waals surface area contributed by atoms with E-state index in [0.717, 1.165) is 18.5 Å². The molecule has 0 radical (unpaired) electrons. The van der Waals surface area contributed by atoms with Crippen molar-refractivity contribution >= 4 is 11.8 Å². The van der Waals surface area contributed by atoms with Crippen LogP contribution in [0.4, 0.5) is 10.5 Å². The number of carbonyl (C=O) groups is 1. The molecule has 2 rings (SSSR count). The van der Waals surface area contributed by atoms with E-state index < -0.39 is 6.09 Å². The highest BCUT2D eigenvalue weighted by atomic mass is 16.6. The van der Waals surface area contributed by atoms with E-state index in [-0.39, 0.29) is 6.10 Å². The molecule has 1 aromatic carbocycles. The Morgan fingerprint density at radius 1 is 1.25 bits per heavy atom. The average molecular weight is 221 g/mol. The second-order valence-corrected chi connectivity index (χ2v) is 3.71. The molecule has 1 aliphatic heterocycles. The van der Waals surface area contributed by atoms with Gasteiger partial charge in [-0.25, -0.2) is 4.79 Å². The molecule has 0 bridgehead atoms. The number of para-hydroxylation sites is 1. The minimum absolute atomic E-state index is 0.0162. The Labute approximate surface area is 94.6 Å². The van der Waals surface area contributed by atoms with Gasteiger partial charge in [0.1, 0.15) is 6.10 Å². The Balaban J connectivity index is 1.80. The van der Waals surface area contributed by atoms with Crippen LogP contribution in [-0.2, 0) is 9.47 Å². The van der Waals surface area contributed by atoms with Crippen LogP contribution in [0.25, 0.3) is 0 Å². The topological polar surface area (TPSA) is 47.6 Å². The standard InChI is InChI=1S/C12H15NO3/c14-12(13-10-4-2-1-3-5-10)16-11-6-8-15-9-7-11/h1-5,11H,6-9H2,(H,13,14). The predicted molar refractivity (Wildman–Crippen MR) is 60.4 cm³/mol. The van der Waals surface area contributed by atoms with Gasteiger partial charge in [-0.1, -0.05) is 18.2 Å². The molecule has 0 unspecified atom stereocenters. The molecular weight excluding hydrogens is 206 g/mol. The van der Waals surface area contributed by atoms with Gasteiger partial charge in [0.15, 0.2) is 0 Å². The van der Waals surface area contributed by atoms with Crippen molar-refractivity contribution in [2.45, 2.75) is 18.9 Å². The quantitative estimate of drug-likeness (QED) is 0.834. The summed E-state index contributed by atoms with van der Waals surface area (Å²) in [5.74, 6) is 0. The van der Waals surface area contributed by atoms with E-state index in [1.165, 1.54) is 0 Å². The van der Waals surface area contributed by atoms with Crippen molar-refractivity contribution < 1.29 is 14.3 Å². The molecule has 16 heavy (non-hydrogen) atoms. The van der Waals surface area contributed by atoms with E-state index >= 15 is 0 Å². The third kappa shape index (κ3) is 3.24. The molecular formula is C12H15NO3. The maximum atomic E-state index is 11.5. The molecule has 1 saturated heterocycles. The number of nitrogens with one attached hydrogen (secondary N) is 1. The molecule has 1 amide bonds. The fourth-order valence-electron chi connectivity index (χ4n) is 1.61. The Morgan fingerprint density at radius 2 is 1.94 bits per heavy atom. The fraction of sp³-hybridized carbons (Fsp3) is 0.417. The van der Waals surface area contributed by atoms with Crippen LogP contribution in [0.5, 0.6) is 0 Å². The highest BCUT2D eigenvalue weighted by Gasteiger charge is 2.17. The summed E-state index contributed by atoms with van der Waals surface area (Å²) in [5.41, 5.74) is 0.750. The minimum Gasteiger partial charge on any atom is -0.446 e. The maximum absolute atomic E-state index is 11.5. The Morgan fingerprint density at radius 3 is 2.62 bits per heavy atom. The first-order chi connectivity index (χ1) is 7.84. The first-order valence-electron chi connectivity index (χ1n) is 5.45. The van der Waals surface area contributed by atoms with Crippen LogP contribution in [-0.4, -0.2) is 25.4 Å². The summed E-state index contributed by atoms with van der Waals surface area (Å²) >= 11 is 0. The van der Waals surface area contributed by atoms with Crippen LogP contribution < -0.4 is 5.32 Å². The van der Waals surface area contributed by atoms with Gasteiger partial charge in [0.25, 0.3) is 0 Å². The molecule has 4 nitrogen and oxygen atoms in total. The van der Waals surface area contributed by atoms with Gasteiger partial charge in [0.2, 0.25) is 0 Å². The Hall–Kier alpha value is -1.55. The van der Waals surface area contributed by atoms with Crippen molar-refractivity contribution in [2.75, 3.05) is 18.5 Å². The van der Waals surface area contributed by atoms with Crippen molar-refractivity contribution in [3.63, 3.8) is 0 Å². The summed E-state index contributed by atoms with van der Waals surface area (Å²) in [6.45, 7) is 1.34. The highest BCUT2D eigenvalue weighted by Crippen LogP contribution is 2.12. The normalized spacial score (nSPS) is 16.8. The highest BCUT2D eigenvalue weighted by molar-refractivity contribution is 5.84. The van der Waals surface area contributed by atoms with Crippen LogP contribution in [0, 0.1) is 0 Å². The average Bonchev–Trinajstić information content (AvgIpc) is 2.31. The third-order valence-corrected chi connectivity index (χ3v) is 2.46. The number of hydrogen-bond donors (Lipinski definition) is 1. The number of benzene rings is 1. The van der Waals surface area contributed by atoms with Crippen molar-refractivity contribution in [1.82, 2.24) is 0 Å². The van der Waals surface area contributed by atoms with E-state index in [2.05, 4.69) is 5.32 Å². The van der Waals surface area contributed by atoms with Crippen LogP contribution in [0.15, 0.2) is 30.3 Å². The van der Waals surface area contributed by atoms with E-state index in [1.54, 1.807) is 0 Å². The van der Waals surface area contributed by atoms with Gasteiger partial charge >= 0.3 is 6.09 Å². The lowest BCUT2D eigenvalue weighted by Gasteiger charge is -2.22. The lowest BCUT2D eigenvalue weighted by molar-refractivity contribution is 0.00592. The van der Waals surface area contributed by atoms with Gasteiger partial charge in [-0.3, -0.25) is 5.32 Å². The number of carbonyl (C=O) groups excluding carboxylic acids is 1. The number of hydrogen-bond acceptors (Lipinski definition) is 3.